The summed E-state index contributed by atoms with van der Waals surface area (Å²) in [6.45, 7) is 0. The van der Waals surface area contributed by atoms with Gasteiger partial charge in [-0.2, -0.15) is 0 Å². The molecule has 86 valence electrons. The van der Waals surface area contributed by atoms with Gasteiger partial charge in [0.25, 0.3) is 0 Å². The van der Waals surface area contributed by atoms with Crippen LogP contribution in [0.1, 0.15) is 20.7 Å². The van der Waals surface area contributed by atoms with Gasteiger partial charge in [0.15, 0.2) is 0 Å². The molecule has 0 amide bonds. The smallest absolute Gasteiger partial charge is 0.337 e. The summed E-state index contributed by atoms with van der Waals surface area (Å²) in [6.07, 6.45) is 0. The standard InChI is InChI=1S/C13H10O4/c1-17-13(16)11-5-3-8-6-10(12(14)15)4-2-9(8)7-11/h2-7H,1H3,(H,14,15). The number of carboxylic acid groups (broad SMARTS) is 1. The number of carboxylic acids is 1. The molecule has 0 bridgehead atoms. The number of carbonyl (C=O) groups excluding carboxylic acids is 1. The lowest BCUT2D eigenvalue weighted by Gasteiger charge is -2.03. The van der Waals surface area contributed by atoms with Crippen molar-refractivity contribution in [3.05, 3.63) is 47.5 Å². The van der Waals surface area contributed by atoms with E-state index in [2.05, 4.69) is 4.74 Å². The lowest BCUT2D eigenvalue weighted by molar-refractivity contribution is 0.0600. The van der Waals surface area contributed by atoms with Gasteiger partial charge in [0, 0.05) is 0 Å². The molecule has 0 spiro atoms. The Morgan fingerprint density at radius 2 is 1.53 bits per heavy atom. The van der Waals surface area contributed by atoms with Crippen LogP contribution in [-0.2, 0) is 4.74 Å². The molecule has 0 aliphatic heterocycles. The SMILES string of the molecule is COC(=O)c1ccc2cc(C(=O)O)ccc2c1. The van der Waals surface area contributed by atoms with Gasteiger partial charge in [-0.05, 0) is 35.0 Å². The molecule has 2 rings (SSSR count). The number of aromatic carboxylic acids is 1. The van der Waals surface area contributed by atoms with Crippen LogP contribution in [0.2, 0.25) is 0 Å². The van der Waals surface area contributed by atoms with Crippen molar-refractivity contribution in [1.82, 2.24) is 0 Å². The first kappa shape index (κ1) is 11.1. The van der Waals surface area contributed by atoms with Gasteiger partial charge in [-0.25, -0.2) is 9.59 Å². The van der Waals surface area contributed by atoms with E-state index in [-0.39, 0.29) is 5.56 Å². The molecule has 17 heavy (non-hydrogen) atoms. The zero-order chi connectivity index (χ0) is 12.4. The molecule has 0 radical (unpaired) electrons. The number of carbonyl (C=O) groups is 2. The Morgan fingerprint density at radius 3 is 2.06 bits per heavy atom. The second-order valence-corrected chi connectivity index (χ2v) is 3.57. The molecule has 0 heterocycles. The maximum Gasteiger partial charge on any atom is 0.337 e. The highest BCUT2D eigenvalue weighted by Gasteiger charge is 2.07. The van der Waals surface area contributed by atoms with E-state index in [1.165, 1.54) is 13.2 Å². The monoisotopic (exact) mass is 230 g/mol. The molecular formula is C13H10O4. The largest absolute Gasteiger partial charge is 0.478 e. The Balaban J connectivity index is 2.54. The number of hydrogen-bond donors (Lipinski definition) is 1. The maximum atomic E-state index is 11.3. The molecule has 0 unspecified atom stereocenters. The summed E-state index contributed by atoms with van der Waals surface area (Å²) in [7, 11) is 1.32. The highest BCUT2D eigenvalue weighted by Crippen LogP contribution is 2.18. The van der Waals surface area contributed by atoms with Crippen LogP contribution < -0.4 is 0 Å². The average Bonchev–Trinajstić information content (AvgIpc) is 2.36. The van der Waals surface area contributed by atoms with E-state index in [0.29, 0.717) is 5.56 Å². The highest BCUT2D eigenvalue weighted by molar-refractivity contribution is 5.98. The molecule has 2 aromatic rings. The predicted molar refractivity (Wildman–Crippen MR) is 62.2 cm³/mol. The number of ether oxygens (including phenoxy) is 1. The van der Waals surface area contributed by atoms with E-state index in [0.717, 1.165) is 10.8 Å². The fraction of sp³-hybridized carbons (Fsp3) is 0.0769. The van der Waals surface area contributed by atoms with E-state index >= 15 is 0 Å². The van der Waals surface area contributed by atoms with Gasteiger partial charge in [-0.3, -0.25) is 0 Å². The van der Waals surface area contributed by atoms with Crippen LogP contribution in [0.5, 0.6) is 0 Å². The topological polar surface area (TPSA) is 63.6 Å². The average molecular weight is 230 g/mol. The van der Waals surface area contributed by atoms with Crippen molar-refractivity contribution in [2.45, 2.75) is 0 Å². The number of hydrogen-bond acceptors (Lipinski definition) is 3. The number of rotatable bonds is 2. The fourth-order valence-electron chi connectivity index (χ4n) is 1.62. The fourth-order valence-corrected chi connectivity index (χ4v) is 1.62. The molecule has 4 heteroatoms. The maximum absolute atomic E-state index is 11.3. The number of benzene rings is 2. The van der Waals surface area contributed by atoms with Crippen LogP contribution in [-0.4, -0.2) is 24.2 Å². The van der Waals surface area contributed by atoms with Crippen LogP contribution in [0.15, 0.2) is 36.4 Å². The third-order valence-electron chi connectivity index (χ3n) is 2.51. The van der Waals surface area contributed by atoms with Gasteiger partial charge in [-0.15, -0.1) is 0 Å². The van der Waals surface area contributed by atoms with Gasteiger partial charge in [0.1, 0.15) is 0 Å². The van der Waals surface area contributed by atoms with Gasteiger partial charge in [0.05, 0.1) is 18.2 Å². The summed E-state index contributed by atoms with van der Waals surface area (Å²) in [6, 6.07) is 9.73. The molecular weight excluding hydrogens is 220 g/mol. The minimum absolute atomic E-state index is 0.225. The molecule has 2 aromatic carbocycles. The van der Waals surface area contributed by atoms with Crippen LogP contribution in [0.3, 0.4) is 0 Å². The summed E-state index contributed by atoms with van der Waals surface area (Å²) in [5.41, 5.74) is 0.673. The first-order valence-electron chi connectivity index (χ1n) is 4.97. The molecule has 0 aromatic heterocycles. The minimum Gasteiger partial charge on any atom is -0.478 e. The zero-order valence-electron chi connectivity index (χ0n) is 9.14. The van der Waals surface area contributed by atoms with E-state index < -0.39 is 11.9 Å². The van der Waals surface area contributed by atoms with Crippen LogP contribution in [0.25, 0.3) is 10.8 Å². The van der Waals surface area contributed by atoms with E-state index in [9.17, 15) is 9.59 Å². The molecule has 0 aliphatic carbocycles. The van der Waals surface area contributed by atoms with Crippen molar-refractivity contribution in [1.29, 1.82) is 0 Å². The molecule has 0 saturated carbocycles. The second kappa shape index (κ2) is 4.25. The third-order valence-corrected chi connectivity index (χ3v) is 2.51. The number of methoxy groups -OCH3 is 1. The third kappa shape index (κ3) is 2.10. The summed E-state index contributed by atoms with van der Waals surface area (Å²) in [4.78, 5) is 22.1. The Kier molecular flexibility index (Phi) is 2.78. The molecule has 4 nitrogen and oxygen atoms in total. The number of fused-ring (bicyclic) bond motifs is 1. The molecule has 0 saturated heterocycles. The van der Waals surface area contributed by atoms with Crippen molar-refractivity contribution in [2.24, 2.45) is 0 Å². The summed E-state index contributed by atoms with van der Waals surface area (Å²) >= 11 is 0. The highest BCUT2D eigenvalue weighted by atomic mass is 16.5. The molecule has 0 aliphatic rings. The molecule has 0 atom stereocenters. The van der Waals surface area contributed by atoms with Crippen LogP contribution in [0, 0.1) is 0 Å². The van der Waals surface area contributed by atoms with E-state index in [1.54, 1.807) is 30.3 Å². The van der Waals surface area contributed by atoms with Crippen molar-refractivity contribution in [3.8, 4) is 0 Å². The predicted octanol–water partition coefficient (Wildman–Crippen LogP) is 2.32. The van der Waals surface area contributed by atoms with E-state index in [4.69, 9.17) is 5.11 Å². The van der Waals surface area contributed by atoms with Gasteiger partial charge in [-0.1, -0.05) is 12.1 Å². The van der Waals surface area contributed by atoms with Crippen LogP contribution >= 0.6 is 0 Å². The summed E-state index contributed by atoms with van der Waals surface area (Å²) in [5, 5.41) is 10.4. The van der Waals surface area contributed by atoms with Crippen molar-refractivity contribution in [2.75, 3.05) is 7.11 Å². The normalized spacial score (nSPS) is 10.2. The molecule has 1 N–H and O–H groups in total. The quantitative estimate of drug-likeness (QED) is 0.804. The van der Waals surface area contributed by atoms with Crippen molar-refractivity contribution < 1.29 is 19.4 Å². The van der Waals surface area contributed by atoms with Crippen molar-refractivity contribution in [3.63, 3.8) is 0 Å². The number of esters is 1. The Labute approximate surface area is 97.4 Å². The lowest BCUT2D eigenvalue weighted by Crippen LogP contribution is -2.01. The Morgan fingerprint density at radius 1 is 1.00 bits per heavy atom. The van der Waals surface area contributed by atoms with Crippen molar-refractivity contribution >= 4 is 22.7 Å². The van der Waals surface area contributed by atoms with Crippen LogP contribution in [0.4, 0.5) is 0 Å². The van der Waals surface area contributed by atoms with Gasteiger partial charge < -0.3 is 9.84 Å². The minimum atomic E-state index is -0.969. The summed E-state index contributed by atoms with van der Waals surface area (Å²) < 4.78 is 4.61. The van der Waals surface area contributed by atoms with Gasteiger partial charge in [0.2, 0.25) is 0 Å². The zero-order valence-corrected chi connectivity index (χ0v) is 9.14. The Bertz CT molecular complexity index is 601. The molecule has 0 fully saturated rings. The van der Waals surface area contributed by atoms with Gasteiger partial charge >= 0.3 is 11.9 Å². The second-order valence-electron chi connectivity index (χ2n) is 3.57. The first-order chi connectivity index (χ1) is 8.11. The Hall–Kier alpha value is -2.36. The first-order valence-corrected chi connectivity index (χ1v) is 4.97. The lowest BCUT2D eigenvalue weighted by atomic mass is 10.0. The van der Waals surface area contributed by atoms with E-state index in [1.807, 2.05) is 0 Å². The summed E-state index contributed by atoms with van der Waals surface area (Å²) in [5.74, 6) is -1.38.